The predicted molar refractivity (Wildman–Crippen MR) is 45.1 cm³/mol. The molecule has 0 unspecified atom stereocenters. The molecule has 0 radical (unpaired) electrons. The Kier molecular flexibility index (Phi) is 2.70. The van der Waals surface area contributed by atoms with E-state index in [2.05, 4.69) is 4.74 Å². The Bertz CT molecular complexity index is 358. The lowest BCUT2D eigenvalue weighted by Gasteiger charge is -2.00. The number of ether oxygens (including phenoxy) is 1. The fraction of sp³-hybridized carbons (Fsp3) is 0.286. The largest absolute Gasteiger partial charge is 0.465 e. The molecule has 0 spiro atoms. The number of hydrogen-bond donors (Lipinski definition) is 1. The van der Waals surface area contributed by atoms with Crippen LogP contribution in [0.2, 0.25) is 0 Å². The van der Waals surface area contributed by atoms with Crippen LogP contribution in [-0.4, -0.2) is 13.1 Å². The summed E-state index contributed by atoms with van der Waals surface area (Å²) in [5.74, 6) is -0.858. The summed E-state index contributed by atoms with van der Waals surface area (Å²) in [6, 6.07) is 0.719. The number of carbonyl (C=O) groups excluding carboxylic acids is 1. The number of esters is 1. The summed E-state index contributed by atoms with van der Waals surface area (Å²) < 4.78 is 40.7. The Labute approximate surface area is 81.3 Å². The molecule has 1 heterocycles. The fourth-order valence-electron chi connectivity index (χ4n) is 0.797. The van der Waals surface area contributed by atoms with Gasteiger partial charge in [-0.1, -0.05) is 0 Å². The number of rotatable bonds is 1. The standard InChI is InChI=1S/C7H6F3NO2S/c1-13-6(12)5-3(11)2-4(14-5)7(8,9)10/h2H,11H2,1H3. The Morgan fingerprint density at radius 3 is 2.50 bits per heavy atom. The molecule has 0 fully saturated rings. The van der Waals surface area contributed by atoms with Crippen LogP contribution >= 0.6 is 11.3 Å². The molecule has 0 aliphatic rings. The summed E-state index contributed by atoms with van der Waals surface area (Å²) in [6.07, 6.45) is -4.48. The summed E-state index contributed by atoms with van der Waals surface area (Å²) in [5, 5.41) is 0. The Morgan fingerprint density at radius 1 is 1.57 bits per heavy atom. The lowest BCUT2D eigenvalue weighted by Crippen LogP contribution is -2.01. The van der Waals surface area contributed by atoms with Crippen LogP contribution in [0.1, 0.15) is 14.5 Å². The second-order valence-electron chi connectivity index (χ2n) is 2.38. The van der Waals surface area contributed by atoms with E-state index in [1.54, 1.807) is 0 Å². The minimum absolute atomic E-state index is 0.214. The van der Waals surface area contributed by atoms with Crippen LogP contribution in [0.25, 0.3) is 0 Å². The summed E-state index contributed by atoms with van der Waals surface area (Å²) in [6.45, 7) is 0. The molecular formula is C7H6F3NO2S. The molecule has 2 N–H and O–H groups in total. The predicted octanol–water partition coefficient (Wildman–Crippen LogP) is 2.14. The van der Waals surface area contributed by atoms with Crippen molar-refractivity contribution in [2.24, 2.45) is 0 Å². The molecule has 0 saturated carbocycles. The topological polar surface area (TPSA) is 52.3 Å². The van der Waals surface area contributed by atoms with E-state index in [0.717, 1.165) is 13.2 Å². The molecule has 0 bridgehead atoms. The zero-order valence-electron chi connectivity index (χ0n) is 7.01. The summed E-state index contributed by atoms with van der Waals surface area (Å²) in [7, 11) is 1.08. The summed E-state index contributed by atoms with van der Waals surface area (Å²) in [4.78, 5) is 9.79. The van der Waals surface area contributed by atoms with Crippen molar-refractivity contribution in [3.8, 4) is 0 Å². The lowest BCUT2D eigenvalue weighted by molar-refractivity contribution is -0.134. The number of carbonyl (C=O) groups is 1. The molecule has 14 heavy (non-hydrogen) atoms. The first-order valence-corrected chi connectivity index (χ1v) is 4.22. The quantitative estimate of drug-likeness (QED) is 0.745. The number of nitrogens with two attached hydrogens (primary N) is 1. The van der Waals surface area contributed by atoms with Crippen molar-refractivity contribution in [3.63, 3.8) is 0 Å². The van der Waals surface area contributed by atoms with Crippen molar-refractivity contribution >= 4 is 23.0 Å². The van der Waals surface area contributed by atoms with Gasteiger partial charge in [0.05, 0.1) is 12.8 Å². The molecule has 78 valence electrons. The molecule has 0 aliphatic carbocycles. The van der Waals surface area contributed by atoms with E-state index in [-0.39, 0.29) is 21.9 Å². The van der Waals surface area contributed by atoms with Crippen molar-refractivity contribution in [2.75, 3.05) is 12.8 Å². The van der Waals surface area contributed by atoms with Gasteiger partial charge in [0, 0.05) is 0 Å². The normalized spacial score (nSPS) is 11.4. The van der Waals surface area contributed by atoms with Crippen LogP contribution in [0.15, 0.2) is 6.07 Å². The molecule has 3 nitrogen and oxygen atoms in total. The molecular weight excluding hydrogens is 219 g/mol. The summed E-state index contributed by atoms with van der Waals surface area (Å²) >= 11 is 0.275. The van der Waals surface area contributed by atoms with E-state index < -0.39 is 17.0 Å². The first-order valence-electron chi connectivity index (χ1n) is 3.41. The van der Waals surface area contributed by atoms with E-state index >= 15 is 0 Å². The van der Waals surface area contributed by atoms with Crippen molar-refractivity contribution < 1.29 is 22.7 Å². The molecule has 0 aliphatic heterocycles. The minimum atomic E-state index is -4.48. The molecule has 0 amide bonds. The van der Waals surface area contributed by atoms with Gasteiger partial charge >= 0.3 is 12.1 Å². The zero-order valence-corrected chi connectivity index (χ0v) is 7.83. The number of halogens is 3. The average Bonchev–Trinajstić information content (AvgIpc) is 2.45. The van der Waals surface area contributed by atoms with Crippen LogP contribution in [0.5, 0.6) is 0 Å². The SMILES string of the molecule is COC(=O)c1sc(C(F)(F)F)cc1N. The van der Waals surface area contributed by atoms with Gasteiger partial charge in [0.25, 0.3) is 0 Å². The van der Waals surface area contributed by atoms with E-state index in [1.807, 2.05) is 0 Å². The van der Waals surface area contributed by atoms with Gasteiger partial charge in [0.15, 0.2) is 0 Å². The maximum atomic E-state index is 12.2. The zero-order chi connectivity index (χ0) is 10.9. The molecule has 0 saturated heterocycles. The lowest BCUT2D eigenvalue weighted by atomic mass is 10.3. The van der Waals surface area contributed by atoms with E-state index in [4.69, 9.17) is 5.73 Å². The van der Waals surface area contributed by atoms with Gasteiger partial charge in [0.2, 0.25) is 0 Å². The number of alkyl halides is 3. The Hall–Kier alpha value is -1.24. The second-order valence-corrected chi connectivity index (χ2v) is 3.44. The van der Waals surface area contributed by atoms with Gasteiger partial charge < -0.3 is 10.5 Å². The first-order chi connectivity index (χ1) is 6.36. The number of thiophene rings is 1. The van der Waals surface area contributed by atoms with Crippen molar-refractivity contribution in [2.45, 2.75) is 6.18 Å². The third kappa shape index (κ3) is 1.98. The Morgan fingerprint density at radius 2 is 2.14 bits per heavy atom. The molecule has 1 aromatic heterocycles. The monoisotopic (exact) mass is 225 g/mol. The highest BCUT2D eigenvalue weighted by atomic mass is 32.1. The second kappa shape index (κ2) is 3.49. The number of methoxy groups -OCH3 is 1. The summed E-state index contributed by atoms with van der Waals surface area (Å²) in [5.41, 5.74) is 5.01. The van der Waals surface area contributed by atoms with Gasteiger partial charge in [-0.15, -0.1) is 11.3 Å². The minimum Gasteiger partial charge on any atom is -0.465 e. The third-order valence-electron chi connectivity index (χ3n) is 1.41. The Balaban J connectivity index is 3.12. The van der Waals surface area contributed by atoms with Gasteiger partial charge in [-0.05, 0) is 6.07 Å². The number of hydrogen-bond acceptors (Lipinski definition) is 4. The smallest absolute Gasteiger partial charge is 0.425 e. The van der Waals surface area contributed by atoms with Gasteiger partial charge in [-0.2, -0.15) is 13.2 Å². The average molecular weight is 225 g/mol. The first kappa shape index (κ1) is 10.8. The molecule has 1 rings (SSSR count). The molecule has 0 aromatic carbocycles. The van der Waals surface area contributed by atoms with Crippen LogP contribution < -0.4 is 5.73 Å². The van der Waals surface area contributed by atoms with Crippen LogP contribution in [0.4, 0.5) is 18.9 Å². The van der Waals surface area contributed by atoms with Crippen molar-refractivity contribution in [1.82, 2.24) is 0 Å². The maximum absolute atomic E-state index is 12.2. The van der Waals surface area contributed by atoms with Gasteiger partial charge in [-0.3, -0.25) is 0 Å². The highest BCUT2D eigenvalue weighted by Gasteiger charge is 2.34. The molecule has 7 heteroatoms. The van der Waals surface area contributed by atoms with Crippen molar-refractivity contribution in [1.29, 1.82) is 0 Å². The van der Waals surface area contributed by atoms with E-state index in [9.17, 15) is 18.0 Å². The van der Waals surface area contributed by atoms with Gasteiger partial charge in [0.1, 0.15) is 9.75 Å². The third-order valence-corrected chi connectivity index (χ3v) is 2.59. The van der Waals surface area contributed by atoms with E-state index in [0.29, 0.717) is 0 Å². The molecule has 0 atom stereocenters. The van der Waals surface area contributed by atoms with Crippen LogP contribution in [0, 0.1) is 0 Å². The molecule has 1 aromatic rings. The van der Waals surface area contributed by atoms with Crippen molar-refractivity contribution in [3.05, 3.63) is 15.8 Å². The highest BCUT2D eigenvalue weighted by molar-refractivity contribution is 7.14. The number of nitrogen functional groups attached to an aromatic ring is 1. The highest BCUT2D eigenvalue weighted by Crippen LogP contribution is 2.37. The van der Waals surface area contributed by atoms with Crippen LogP contribution in [-0.2, 0) is 10.9 Å². The van der Waals surface area contributed by atoms with E-state index in [1.165, 1.54) is 0 Å². The maximum Gasteiger partial charge on any atom is 0.425 e. The fourth-order valence-corrected chi connectivity index (χ4v) is 1.66. The van der Waals surface area contributed by atoms with Gasteiger partial charge in [-0.25, -0.2) is 4.79 Å². The van der Waals surface area contributed by atoms with Crippen LogP contribution in [0.3, 0.4) is 0 Å². The number of anilines is 1.